The number of nitrogens with one attached hydrogen (secondary N) is 2. The maximum Gasteiger partial charge on any atom is 0.303 e. The van der Waals surface area contributed by atoms with Gasteiger partial charge in [-0.15, -0.1) is 0 Å². The first kappa shape index (κ1) is 38.9. The lowest BCUT2D eigenvalue weighted by Gasteiger charge is -2.33. The molecule has 12 nitrogen and oxygen atoms in total. The SMILES string of the molecule is CSCC[C@@H](NC(=O)[C@@H](N)Cc1c(C)cc(O)cc1C)C(=O)NCC(=O)N(CCCCCC(=O)O)[C@@H](CC1CCCCC1)C(N)=O. The number of aromatic hydroxyl groups is 1. The summed E-state index contributed by atoms with van der Waals surface area (Å²) in [5.74, 6) is -2.03. The highest BCUT2D eigenvalue weighted by Crippen LogP contribution is 2.29. The highest BCUT2D eigenvalue weighted by atomic mass is 32.2. The molecule has 0 unspecified atom stereocenters. The predicted molar refractivity (Wildman–Crippen MR) is 179 cm³/mol. The van der Waals surface area contributed by atoms with Gasteiger partial charge in [-0.1, -0.05) is 38.5 Å². The number of phenols is 1. The minimum atomic E-state index is -0.944. The molecule has 0 radical (unpaired) electrons. The number of primary amides is 1. The normalized spacial score (nSPS) is 15.4. The summed E-state index contributed by atoms with van der Waals surface area (Å²) < 4.78 is 0. The second-order valence-corrected chi connectivity index (χ2v) is 13.4. The molecular formula is C33H53N5O7S. The van der Waals surface area contributed by atoms with Gasteiger partial charge in [0.25, 0.3) is 0 Å². The van der Waals surface area contributed by atoms with Crippen molar-refractivity contribution in [3.63, 3.8) is 0 Å². The number of carboxylic acids is 1. The summed E-state index contributed by atoms with van der Waals surface area (Å²) in [6.45, 7) is 3.49. The maximum atomic E-state index is 13.5. The van der Waals surface area contributed by atoms with Gasteiger partial charge in [0.15, 0.2) is 0 Å². The lowest BCUT2D eigenvalue weighted by molar-refractivity contribution is -0.140. The van der Waals surface area contributed by atoms with Gasteiger partial charge < -0.3 is 37.2 Å². The number of thioether (sulfide) groups is 1. The summed E-state index contributed by atoms with van der Waals surface area (Å²) in [5, 5.41) is 24.2. The Hall–Kier alpha value is -3.32. The molecule has 0 aliphatic heterocycles. The molecule has 4 amide bonds. The summed E-state index contributed by atoms with van der Waals surface area (Å²) in [4.78, 5) is 64.9. The van der Waals surface area contributed by atoms with E-state index in [1.54, 1.807) is 12.1 Å². The van der Waals surface area contributed by atoms with Gasteiger partial charge in [-0.25, -0.2) is 0 Å². The van der Waals surface area contributed by atoms with Gasteiger partial charge in [-0.3, -0.25) is 24.0 Å². The molecule has 0 saturated heterocycles. The van der Waals surface area contributed by atoms with Gasteiger partial charge in [-0.05, 0) is 92.7 Å². The molecule has 0 aromatic heterocycles. The minimum absolute atomic E-state index is 0.0201. The fourth-order valence-corrected chi connectivity index (χ4v) is 6.57. The number of hydrogen-bond donors (Lipinski definition) is 6. The standard InChI is InChI=1S/C33H53N5O7S/c1-21-16-24(39)17-22(2)25(21)19-26(34)32(44)37-27(13-15-46-3)33(45)36-20-29(40)38(14-9-5-8-12-30(41)42)28(31(35)43)18-23-10-6-4-7-11-23/h16-17,23,26-28,39H,4-15,18-20,34H2,1-3H3,(H2,35,43)(H,36,45)(H,37,44)(H,41,42)/t26-,27+,28-/m0/s1. The Balaban J connectivity index is 2.10. The topological polar surface area (TPSA) is 205 Å². The number of amides is 4. The van der Waals surface area contributed by atoms with E-state index in [1.807, 2.05) is 20.1 Å². The first-order valence-electron chi connectivity index (χ1n) is 16.3. The molecule has 0 heterocycles. The molecule has 1 aliphatic carbocycles. The lowest BCUT2D eigenvalue weighted by atomic mass is 9.84. The lowest BCUT2D eigenvalue weighted by Crippen LogP contribution is -2.55. The Morgan fingerprint density at radius 2 is 1.67 bits per heavy atom. The van der Waals surface area contributed by atoms with E-state index in [0.717, 1.165) is 48.8 Å². The Labute approximate surface area is 276 Å². The average Bonchev–Trinajstić information content (AvgIpc) is 3.00. The fraction of sp³-hybridized carbons (Fsp3) is 0.667. The number of hydrogen-bond acceptors (Lipinski definition) is 8. The van der Waals surface area contributed by atoms with E-state index in [2.05, 4.69) is 10.6 Å². The van der Waals surface area contributed by atoms with Crippen molar-refractivity contribution in [3.05, 3.63) is 28.8 Å². The fourth-order valence-electron chi connectivity index (χ4n) is 6.10. The number of phenolic OH excluding ortho intramolecular Hbond substituents is 1. The van der Waals surface area contributed by atoms with Crippen LogP contribution in [0.3, 0.4) is 0 Å². The molecule has 46 heavy (non-hydrogen) atoms. The molecule has 13 heteroatoms. The Morgan fingerprint density at radius 1 is 1.02 bits per heavy atom. The monoisotopic (exact) mass is 663 g/mol. The largest absolute Gasteiger partial charge is 0.508 e. The van der Waals surface area contributed by atoms with Crippen molar-refractivity contribution in [2.24, 2.45) is 17.4 Å². The first-order chi connectivity index (χ1) is 21.8. The van der Waals surface area contributed by atoms with E-state index in [-0.39, 0.29) is 37.6 Å². The zero-order valence-corrected chi connectivity index (χ0v) is 28.3. The zero-order valence-electron chi connectivity index (χ0n) is 27.5. The maximum absolute atomic E-state index is 13.5. The summed E-state index contributed by atoms with van der Waals surface area (Å²) in [5.41, 5.74) is 14.5. The van der Waals surface area contributed by atoms with Gasteiger partial charge in [0.1, 0.15) is 17.8 Å². The highest BCUT2D eigenvalue weighted by Gasteiger charge is 2.32. The first-order valence-corrected chi connectivity index (χ1v) is 17.7. The molecule has 1 saturated carbocycles. The molecule has 258 valence electrons. The van der Waals surface area contributed by atoms with Gasteiger partial charge in [-0.2, -0.15) is 11.8 Å². The van der Waals surface area contributed by atoms with Crippen LogP contribution in [0.1, 0.15) is 87.3 Å². The number of carboxylic acid groups (broad SMARTS) is 1. The number of aliphatic carboxylic acids is 1. The van der Waals surface area contributed by atoms with E-state index in [1.165, 1.54) is 16.7 Å². The Morgan fingerprint density at radius 3 is 2.26 bits per heavy atom. The molecule has 3 atom stereocenters. The summed E-state index contributed by atoms with van der Waals surface area (Å²) in [7, 11) is 0. The molecule has 8 N–H and O–H groups in total. The third-order valence-corrected chi connectivity index (χ3v) is 9.34. The second kappa shape index (κ2) is 20.0. The van der Waals surface area contributed by atoms with Crippen LogP contribution in [-0.2, 0) is 30.4 Å². The summed E-state index contributed by atoms with van der Waals surface area (Å²) >= 11 is 1.51. The minimum Gasteiger partial charge on any atom is -0.508 e. The van der Waals surface area contributed by atoms with Gasteiger partial charge in [0.2, 0.25) is 23.6 Å². The molecule has 0 spiro atoms. The van der Waals surface area contributed by atoms with Crippen molar-refractivity contribution in [2.45, 2.75) is 109 Å². The van der Waals surface area contributed by atoms with Crippen molar-refractivity contribution in [2.75, 3.05) is 25.1 Å². The van der Waals surface area contributed by atoms with E-state index in [4.69, 9.17) is 16.6 Å². The van der Waals surface area contributed by atoms with Crippen LogP contribution in [0.25, 0.3) is 0 Å². The van der Waals surface area contributed by atoms with E-state index < -0.39 is 47.7 Å². The number of nitrogens with zero attached hydrogens (tertiary/aromatic N) is 1. The molecule has 1 aliphatic rings. The number of carbonyl (C=O) groups excluding carboxylic acids is 4. The van der Waals surface area contributed by atoms with E-state index in [0.29, 0.717) is 37.9 Å². The van der Waals surface area contributed by atoms with Crippen molar-refractivity contribution in [1.82, 2.24) is 15.5 Å². The van der Waals surface area contributed by atoms with Crippen molar-refractivity contribution < 1.29 is 34.2 Å². The van der Waals surface area contributed by atoms with E-state index >= 15 is 0 Å². The van der Waals surface area contributed by atoms with Crippen LogP contribution in [0.2, 0.25) is 0 Å². The Bertz CT molecular complexity index is 1170. The molecule has 1 aromatic rings. The predicted octanol–water partition coefficient (Wildman–Crippen LogP) is 2.53. The number of carbonyl (C=O) groups is 5. The average molecular weight is 664 g/mol. The molecule has 1 aromatic carbocycles. The van der Waals surface area contributed by atoms with Crippen LogP contribution in [0, 0.1) is 19.8 Å². The number of unbranched alkanes of at least 4 members (excludes halogenated alkanes) is 2. The van der Waals surface area contributed by atoms with Crippen LogP contribution in [0.5, 0.6) is 5.75 Å². The third kappa shape index (κ3) is 13.2. The smallest absolute Gasteiger partial charge is 0.303 e. The van der Waals surface area contributed by atoms with Crippen LogP contribution in [0.15, 0.2) is 12.1 Å². The van der Waals surface area contributed by atoms with Crippen molar-refractivity contribution in [1.29, 1.82) is 0 Å². The van der Waals surface area contributed by atoms with Gasteiger partial charge >= 0.3 is 5.97 Å². The van der Waals surface area contributed by atoms with Crippen LogP contribution in [0.4, 0.5) is 0 Å². The van der Waals surface area contributed by atoms with Crippen LogP contribution < -0.4 is 22.1 Å². The quantitative estimate of drug-likeness (QED) is 0.113. The van der Waals surface area contributed by atoms with E-state index in [9.17, 15) is 29.1 Å². The van der Waals surface area contributed by atoms with Gasteiger partial charge in [0.05, 0.1) is 12.6 Å². The van der Waals surface area contributed by atoms with Crippen LogP contribution in [-0.4, -0.2) is 87.9 Å². The molecule has 0 bridgehead atoms. The third-order valence-electron chi connectivity index (χ3n) is 8.70. The highest BCUT2D eigenvalue weighted by molar-refractivity contribution is 7.98. The number of aryl methyl sites for hydroxylation is 2. The van der Waals surface area contributed by atoms with Crippen LogP contribution >= 0.6 is 11.8 Å². The molecule has 2 rings (SSSR count). The summed E-state index contributed by atoms with van der Waals surface area (Å²) in [6.07, 6.45) is 9.59. The zero-order chi connectivity index (χ0) is 34.2. The second-order valence-electron chi connectivity index (χ2n) is 12.4. The number of rotatable bonds is 20. The molecular weight excluding hydrogens is 610 g/mol. The van der Waals surface area contributed by atoms with Crippen molar-refractivity contribution in [3.8, 4) is 5.75 Å². The number of nitrogens with two attached hydrogens (primary N) is 2. The van der Waals surface area contributed by atoms with Crippen molar-refractivity contribution >= 4 is 41.4 Å². The Kier molecular flexibility index (Phi) is 16.9. The molecule has 1 fully saturated rings. The number of benzene rings is 1. The summed E-state index contributed by atoms with van der Waals surface area (Å²) in [6, 6.07) is 0.510. The van der Waals surface area contributed by atoms with Gasteiger partial charge in [0, 0.05) is 13.0 Å².